The van der Waals surface area contributed by atoms with Gasteiger partial charge in [-0.3, -0.25) is 0 Å². The molecule has 0 bridgehead atoms. The lowest BCUT2D eigenvalue weighted by Gasteiger charge is -2.25. The highest BCUT2D eigenvalue weighted by molar-refractivity contribution is 14.1. The normalized spacial score (nSPS) is 14.1. The molecule has 2 rings (SSSR count). The maximum Gasteiger partial charge on any atom is 0.146 e. The molecule has 0 aliphatic heterocycles. The number of hydrogen-bond acceptors (Lipinski definition) is 6. The number of nitrogen functional groups attached to an aromatic ring is 1. The zero-order valence-corrected chi connectivity index (χ0v) is 14.4. The number of halogens is 1. The van der Waals surface area contributed by atoms with Crippen LogP contribution < -0.4 is 5.73 Å². The second kappa shape index (κ2) is 7.86. The van der Waals surface area contributed by atoms with Crippen molar-refractivity contribution in [3.8, 4) is 0 Å². The fourth-order valence-electron chi connectivity index (χ4n) is 2.24. The predicted octanol–water partition coefficient (Wildman–Crippen LogP) is 1.20. The average Bonchev–Trinajstić information content (AvgIpc) is 2.83. The molecule has 2 atom stereocenters. The van der Waals surface area contributed by atoms with Crippen molar-refractivity contribution in [2.24, 2.45) is 0 Å². The summed E-state index contributed by atoms with van der Waals surface area (Å²) < 4.78 is 13.9. The van der Waals surface area contributed by atoms with Crippen molar-refractivity contribution in [2.45, 2.75) is 18.8 Å². The van der Waals surface area contributed by atoms with Crippen LogP contribution in [0.4, 0.5) is 5.82 Å². The van der Waals surface area contributed by atoms with E-state index in [0.29, 0.717) is 19.0 Å². The largest absolute Gasteiger partial charge is 0.394 e. The highest BCUT2D eigenvalue weighted by Gasteiger charge is 2.23. The van der Waals surface area contributed by atoms with Crippen molar-refractivity contribution in [1.82, 2.24) is 14.5 Å². The monoisotopic (exact) mass is 418 g/mol. The van der Waals surface area contributed by atoms with Gasteiger partial charge in [-0.25, -0.2) is 9.97 Å². The van der Waals surface area contributed by atoms with Crippen LogP contribution in [0.5, 0.6) is 0 Å². The summed E-state index contributed by atoms with van der Waals surface area (Å²) in [6.07, 6.45) is 4.26. The summed E-state index contributed by atoms with van der Waals surface area (Å²) in [6, 6.07) is 0. The van der Waals surface area contributed by atoms with E-state index in [1.165, 1.54) is 6.33 Å². The van der Waals surface area contributed by atoms with Crippen LogP contribution >= 0.6 is 22.6 Å². The van der Waals surface area contributed by atoms with Gasteiger partial charge in [-0.15, -0.1) is 6.58 Å². The Hall–Kier alpha value is -1.23. The van der Waals surface area contributed by atoms with E-state index in [4.69, 9.17) is 15.2 Å². The minimum atomic E-state index is -0.436. The van der Waals surface area contributed by atoms with Gasteiger partial charge in [0.25, 0.3) is 0 Å². The first kappa shape index (κ1) is 17.1. The van der Waals surface area contributed by atoms with Gasteiger partial charge >= 0.3 is 0 Å². The van der Waals surface area contributed by atoms with Crippen molar-refractivity contribution in [3.05, 3.63) is 28.7 Å². The molecule has 0 aliphatic carbocycles. The zero-order valence-electron chi connectivity index (χ0n) is 12.3. The molecule has 0 aliphatic rings. The van der Waals surface area contributed by atoms with Crippen molar-refractivity contribution >= 4 is 39.4 Å². The smallest absolute Gasteiger partial charge is 0.146 e. The quantitative estimate of drug-likeness (QED) is 0.494. The van der Waals surface area contributed by atoms with Gasteiger partial charge in [0.2, 0.25) is 0 Å². The highest BCUT2D eigenvalue weighted by Crippen LogP contribution is 2.25. The molecule has 120 valence electrons. The maximum absolute atomic E-state index is 9.45. The molecular formula is C14H19IN4O3. The minimum absolute atomic E-state index is 0.133. The summed E-state index contributed by atoms with van der Waals surface area (Å²) in [6.45, 7) is 4.36. The van der Waals surface area contributed by atoms with E-state index in [-0.39, 0.29) is 12.7 Å². The second-order valence-corrected chi connectivity index (χ2v) is 5.87. The van der Waals surface area contributed by atoms with Crippen LogP contribution in [0.2, 0.25) is 0 Å². The van der Waals surface area contributed by atoms with Gasteiger partial charge in [-0.05, 0) is 22.6 Å². The number of rotatable bonds is 8. The molecule has 2 heterocycles. The number of aromatic nitrogens is 3. The Labute approximate surface area is 142 Å². The Kier molecular flexibility index (Phi) is 6.12. The van der Waals surface area contributed by atoms with Crippen molar-refractivity contribution < 1.29 is 14.6 Å². The van der Waals surface area contributed by atoms with E-state index in [1.54, 1.807) is 13.2 Å². The Balaban J connectivity index is 2.33. The number of nitrogens with two attached hydrogens (primary N) is 1. The van der Waals surface area contributed by atoms with Crippen molar-refractivity contribution in [1.29, 1.82) is 0 Å². The van der Waals surface area contributed by atoms with E-state index < -0.39 is 6.10 Å². The Morgan fingerprint density at radius 3 is 2.91 bits per heavy atom. The van der Waals surface area contributed by atoms with Crippen LogP contribution in [0, 0.1) is 3.57 Å². The standard InChI is InChI=1S/C14H19IN4O3/c1-3-4-22-10(11(7-20)21-2)6-19-5-9(15)12-13(16)17-8-18-14(12)19/h3,5,8,10-11,20H,1,4,6-7H2,2H3,(H2,16,17,18). The van der Waals surface area contributed by atoms with E-state index >= 15 is 0 Å². The second-order valence-electron chi connectivity index (χ2n) is 4.70. The van der Waals surface area contributed by atoms with Gasteiger partial charge in [-0.2, -0.15) is 0 Å². The van der Waals surface area contributed by atoms with Crippen molar-refractivity contribution in [3.63, 3.8) is 0 Å². The summed E-state index contributed by atoms with van der Waals surface area (Å²) in [5.41, 5.74) is 6.65. The van der Waals surface area contributed by atoms with Gasteiger partial charge in [0.15, 0.2) is 0 Å². The number of methoxy groups -OCH3 is 1. The number of hydrogen-bond donors (Lipinski definition) is 2. The molecule has 0 saturated heterocycles. The van der Waals surface area contributed by atoms with Crippen LogP contribution in [0.3, 0.4) is 0 Å². The number of aliphatic hydroxyl groups excluding tert-OH is 1. The average molecular weight is 418 g/mol. The lowest BCUT2D eigenvalue weighted by atomic mass is 10.2. The topological polar surface area (TPSA) is 95.4 Å². The lowest BCUT2D eigenvalue weighted by molar-refractivity contribution is -0.0752. The number of aliphatic hydroxyl groups is 1. The molecule has 3 N–H and O–H groups in total. The van der Waals surface area contributed by atoms with E-state index in [1.807, 2.05) is 10.8 Å². The fraction of sp³-hybridized carbons (Fsp3) is 0.429. The summed E-state index contributed by atoms with van der Waals surface area (Å²) in [7, 11) is 1.54. The Morgan fingerprint density at radius 1 is 1.50 bits per heavy atom. The first-order valence-electron chi connectivity index (χ1n) is 6.73. The van der Waals surface area contributed by atoms with E-state index in [2.05, 4.69) is 39.1 Å². The summed E-state index contributed by atoms with van der Waals surface area (Å²) in [5, 5.41) is 10.3. The van der Waals surface area contributed by atoms with Gasteiger partial charge in [0.05, 0.1) is 25.1 Å². The van der Waals surface area contributed by atoms with Gasteiger partial charge in [0.1, 0.15) is 30.0 Å². The fourth-order valence-corrected chi connectivity index (χ4v) is 3.10. The van der Waals surface area contributed by atoms with Gasteiger partial charge < -0.3 is 24.9 Å². The summed E-state index contributed by atoms with van der Waals surface area (Å²) in [4.78, 5) is 8.31. The predicted molar refractivity (Wildman–Crippen MR) is 92.5 cm³/mol. The molecule has 2 aromatic heterocycles. The molecule has 2 aromatic rings. The molecule has 0 radical (unpaired) electrons. The maximum atomic E-state index is 9.45. The van der Waals surface area contributed by atoms with Crippen LogP contribution in [0.25, 0.3) is 11.0 Å². The van der Waals surface area contributed by atoms with Crippen LogP contribution in [-0.4, -0.2) is 52.2 Å². The van der Waals surface area contributed by atoms with E-state index in [9.17, 15) is 5.11 Å². The number of ether oxygens (including phenoxy) is 2. The third kappa shape index (κ3) is 3.57. The molecule has 22 heavy (non-hydrogen) atoms. The molecule has 0 fully saturated rings. The van der Waals surface area contributed by atoms with Crippen LogP contribution in [-0.2, 0) is 16.0 Å². The van der Waals surface area contributed by atoms with Crippen molar-refractivity contribution in [2.75, 3.05) is 26.1 Å². The van der Waals surface area contributed by atoms with Crippen LogP contribution in [0.15, 0.2) is 25.2 Å². The minimum Gasteiger partial charge on any atom is -0.394 e. The first-order chi connectivity index (χ1) is 10.6. The van der Waals surface area contributed by atoms with Gasteiger partial charge in [0, 0.05) is 16.9 Å². The Bertz CT molecular complexity index is 642. The molecule has 7 nitrogen and oxygen atoms in total. The summed E-state index contributed by atoms with van der Waals surface area (Å²) in [5.74, 6) is 0.446. The number of nitrogens with zero attached hydrogens (tertiary/aromatic N) is 3. The van der Waals surface area contributed by atoms with Gasteiger partial charge in [-0.1, -0.05) is 6.08 Å². The molecular weight excluding hydrogens is 399 g/mol. The lowest BCUT2D eigenvalue weighted by Crippen LogP contribution is -2.37. The first-order valence-corrected chi connectivity index (χ1v) is 7.81. The molecule has 2 unspecified atom stereocenters. The summed E-state index contributed by atoms with van der Waals surface area (Å²) >= 11 is 2.20. The van der Waals surface area contributed by atoms with E-state index in [0.717, 1.165) is 14.6 Å². The highest BCUT2D eigenvalue weighted by atomic mass is 127. The van der Waals surface area contributed by atoms with Crippen LogP contribution in [0.1, 0.15) is 0 Å². The molecule has 0 spiro atoms. The molecule has 0 saturated carbocycles. The third-order valence-electron chi connectivity index (χ3n) is 3.34. The Morgan fingerprint density at radius 2 is 2.27 bits per heavy atom. The molecule has 8 heteroatoms. The SMILES string of the molecule is C=CCOC(Cn1cc(I)c2c(N)ncnc21)C(CO)OC. The number of anilines is 1. The number of fused-ring (bicyclic) bond motifs is 1. The third-order valence-corrected chi connectivity index (χ3v) is 4.16. The zero-order chi connectivity index (χ0) is 16.1. The molecule has 0 aromatic carbocycles. The molecule has 0 amide bonds.